The van der Waals surface area contributed by atoms with E-state index in [4.69, 9.17) is 27.6 Å². The Morgan fingerprint density at radius 3 is 1.74 bits per heavy atom. The minimum Gasteiger partial charge on any atom is -0.438 e. The second-order valence-corrected chi connectivity index (χ2v) is 18.5. The van der Waals surface area contributed by atoms with Crippen molar-refractivity contribution in [1.29, 1.82) is 0 Å². The molecular formula is C35H56O10P2. The topological polar surface area (TPSA) is 124 Å². The third kappa shape index (κ3) is 13.2. The Kier molecular flexibility index (Phi) is 14.6. The van der Waals surface area contributed by atoms with Crippen molar-refractivity contribution < 1.29 is 46.3 Å². The molecule has 1 aliphatic carbocycles. The fourth-order valence-electron chi connectivity index (χ4n) is 4.96. The average molecular weight is 699 g/mol. The molecule has 1 aromatic carbocycles. The second kappa shape index (κ2) is 16.8. The van der Waals surface area contributed by atoms with Gasteiger partial charge in [-0.1, -0.05) is 43.6 Å². The summed E-state index contributed by atoms with van der Waals surface area (Å²) in [6, 6.07) is 3.64. The highest BCUT2D eigenvalue weighted by atomic mass is 31.2. The van der Waals surface area contributed by atoms with Crippen LogP contribution in [-0.2, 0) is 43.7 Å². The maximum absolute atomic E-state index is 13.7. The summed E-state index contributed by atoms with van der Waals surface area (Å²) in [6.07, 6.45) is 7.31. The van der Waals surface area contributed by atoms with Crippen molar-refractivity contribution in [2.45, 2.75) is 107 Å². The van der Waals surface area contributed by atoms with E-state index < -0.39 is 51.5 Å². The standard InChI is InChI=1S/C35H56O10P2/c1-13-14-15-16-26-20-29(44-46(11,38)42-22-40-32(36)34(5,6)7)31(28-19-25(4)17-18-27(28)24(2)3)30(21-26)45-47(12,39)43-23-41-33(37)35(8,9)10/h19-21,27-28H,2,13-18,22-23H2,1,3-12H3. The molecule has 0 spiro atoms. The van der Waals surface area contributed by atoms with E-state index in [1.165, 1.54) is 13.3 Å². The zero-order valence-corrected chi connectivity index (χ0v) is 32.0. The lowest BCUT2D eigenvalue weighted by atomic mass is 9.73. The molecule has 4 unspecified atom stereocenters. The van der Waals surface area contributed by atoms with Gasteiger partial charge in [-0.25, -0.2) is 9.13 Å². The first-order valence-corrected chi connectivity index (χ1v) is 20.2. The molecule has 0 N–H and O–H groups in total. The highest BCUT2D eigenvalue weighted by Crippen LogP contribution is 2.55. The van der Waals surface area contributed by atoms with E-state index in [9.17, 15) is 18.7 Å². The quantitative estimate of drug-likeness (QED) is 0.0542. The average Bonchev–Trinajstić information content (AvgIpc) is 2.91. The van der Waals surface area contributed by atoms with Crippen LogP contribution >= 0.6 is 15.2 Å². The highest BCUT2D eigenvalue weighted by molar-refractivity contribution is 7.53. The van der Waals surface area contributed by atoms with Gasteiger partial charge in [0.25, 0.3) is 0 Å². The van der Waals surface area contributed by atoms with Crippen molar-refractivity contribution in [2.75, 3.05) is 26.9 Å². The molecule has 47 heavy (non-hydrogen) atoms. The fraction of sp³-hybridized carbons (Fsp3) is 0.657. The summed E-state index contributed by atoms with van der Waals surface area (Å²) in [7, 11) is -7.72. The molecule has 0 aromatic heterocycles. The van der Waals surface area contributed by atoms with E-state index in [-0.39, 0.29) is 23.3 Å². The third-order valence-corrected chi connectivity index (χ3v) is 9.86. The molecule has 0 radical (unpaired) electrons. The maximum atomic E-state index is 13.7. The summed E-state index contributed by atoms with van der Waals surface area (Å²) in [5.41, 5.74) is 1.89. The number of rotatable bonds is 16. The minimum absolute atomic E-state index is 0.0239. The monoisotopic (exact) mass is 698 g/mol. The molecule has 0 bridgehead atoms. The van der Waals surface area contributed by atoms with Crippen LogP contribution in [0.3, 0.4) is 0 Å². The zero-order chi connectivity index (χ0) is 35.8. The zero-order valence-electron chi connectivity index (χ0n) is 30.2. The van der Waals surface area contributed by atoms with Crippen molar-refractivity contribution in [2.24, 2.45) is 16.7 Å². The summed E-state index contributed by atoms with van der Waals surface area (Å²) in [4.78, 5) is 24.6. The first-order valence-electron chi connectivity index (χ1n) is 16.2. The largest absolute Gasteiger partial charge is 0.438 e. The molecule has 12 heteroatoms. The molecule has 4 atom stereocenters. The number of unbranched alkanes of at least 4 members (excludes halogenated alkanes) is 2. The van der Waals surface area contributed by atoms with Crippen LogP contribution in [0.2, 0.25) is 0 Å². The molecule has 1 aliphatic rings. The van der Waals surface area contributed by atoms with Crippen molar-refractivity contribution in [3.63, 3.8) is 0 Å². The first-order chi connectivity index (χ1) is 21.6. The van der Waals surface area contributed by atoms with E-state index >= 15 is 0 Å². The lowest BCUT2D eigenvalue weighted by Gasteiger charge is -2.33. The van der Waals surface area contributed by atoms with Gasteiger partial charge in [-0.2, -0.15) is 0 Å². The van der Waals surface area contributed by atoms with E-state index in [2.05, 4.69) is 19.6 Å². The number of hydrogen-bond donors (Lipinski definition) is 0. The molecule has 266 valence electrons. The van der Waals surface area contributed by atoms with Gasteiger partial charge in [0.15, 0.2) is 0 Å². The van der Waals surface area contributed by atoms with Crippen LogP contribution in [0, 0.1) is 16.7 Å². The van der Waals surface area contributed by atoms with Gasteiger partial charge in [0.2, 0.25) is 13.6 Å². The molecule has 0 heterocycles. The first kappa shape index (κ1) is 40.8. The molecule has 0 saturated heterocycles. The second-order valence-electron chi connectivity index (χ2n) is 14.6. The van der Waals surface area contributed by atoms with E-state index in [1.807, 2.05) is 26.0 Å². The predicted molar refractivity (Wildman–Crippen MR) is 185 cm³/mol. The normalized spacial score (nSPS) is 19.5. The van der Waals surface area contributed by atoms with Gasteiger partial charge in [0.05, 0.1) is 24.2 Å². The summed E-state index contributed by atoms with van der Waals surface area (Å²) < 4.78 is 61.2. The van der Waals surface area contributed by atoms with Crippen LogP contribution in [0.4, 0.5) is 0 Å². The SMILES string of the molecule is C=C(C)C1CCC(C)=CC1c1c(OP(C)(=O)OCOC(=O)C(C)(C)C)cc(CCCCC)cc1OP(C)(=O)OCOC(=O)C(C)(C)C. The van der Waals surface area contributed by atoms with Crippen LogP contribution < -0.4 is 9.05 Å². The summed E-state index contributed by atoms with van der Waals surface area (Å²) >= 11 is 0. The van der Waals surface area contributed by atoms with Crippen LogP contribution in [-0.4, -0.2) is 38.9 Å². The van der Waals surface area contributed by atoms with Crippen LogP contribution in [0.5, 0.6) is 11.5 Å². The van der Waals surface area contributed by atoms with Crippen LogP contribution in [0.25, 0.3) is 0 Å². The number of benzene rings is 1. The molecule has 0 saturated carbocycles. The maximum Gasteiger partial charge on any atom is 0.379 e. The van der Waals surface area contributed by atoms with Gasteiger partial charge >= 0.3 is 27.1 Å². The number of carbonyl (C=O) groups is 2. The van der Waals surface area contributed by atoms with Crippen LogP contribution in [0.1, 0.15) is 111 Å². The molecule has 1 aromatic rings. The van der Waals surface area contributed by atoms with E-state index in [0.29, 0.717) is 12.0 Å². The molecule has 0 fully saturated rings. The summed E-state index contributed by atoms with van der Waals surface area (Å²) in [6.45, 7) is 22.1. The Morgan fingerprint density at radius 1 is 0.872 bits per heavy atom. The number of allylic oxidation sites excluding steroid dienone is 3. The van der Waals surface area contributed by atoms with Crippen molar-refractivity contribution in [1.82, 2.24) is 0 Å². The van der Waals surface area contributed by atoms with Crippen molar-refractivity contribution in [3.05, 3.63) is 47.1 Å². The Hall–Kier alpha value is -2.38. The Bertz CT molecular complexity index is 1320. The molecular weight excluding hydrogens is 642 g/mol. The van der Waals surface area contributed by atoms with Crippen LogP contribution in [0.15, 0.2) is 35.9 Å². The highest BCUT2D eigenvalue weighted by Gasteiger charge is 2.35. The third-order valence-electron chi connectivity index (χ3n) is 7.65. The van der Waals surface area contributed by atoms with Gasteiger partial charge in [0, 0.05) is 11.5 Å². The van der Waals surface area contributed by atoms with Gasteiger partial charge < -0.3 is 18.5 Å². The molecule has 2 rings (SSSR count). The van der Waals surface area contributed by atoms with Crippen molar-refractivity contribution in [3.8, 4) is 11.5 Å². The molecule has 0 aliphatic heterocycles. The number of hydrogen-bond acceptors (Lipinski definition) is 10. The number of carbonyl (C=O) groups excluding carboxylic acids is 2. The Balaban J connectivity index is 2.63. The number of ether oxygens (including phenoxy) is 2. The van der Waals surface area contributed by atoms with E-state index in [1.54, 1.807) is 41.5 Å². The minimum atomic E-state index is -3.86. The summed E-state index contributed by atoms with van der Waals surface area (Å²) in [5.74, 6) is -0.888. The van der Waals surface area contributed by atoms with Gasteiger partial charge in [0.1, 0.15) is 11.5 Å². The lowest BCUT2D eigenvalue weighted by Crippen LogP contribution is -2.24. The van der Waals surface area contributed by atoms with E-state index in [0.717, 1.165) is 48.8 Å². The Labute approximate surface area is 282 Å². The predicted octanol–water partition coefficient (Wildman–Crippen LogP) is 9.97. The fourth-order valence-corrected chi connectivity index (χ4v) is 6.57. The smallest absolute Gasteiger partial charge is 0.379 e. The lowest BCUT2D eigenvalue weighted by molar-refractivity contribution is -0.160. The van der Waals surface area contributed by atoms with Gasteiger partial charge in [-0.15, -0.1) is 0 Å². The molecule has 10 nitrogen and oxygen atoms in total. The summed E-state index contributed by atoms with van der Waals surface area (Å²) in [5, 5.41) is 0. The van der Waals surface area contributed by atoms with Gasteiger partial charge in [-0.05, 0) is 105 Å². The number of esters is 2. The Morgan fingerprint density at radius 2 is 1.34 bits per heavy atom. The van der Waals surface area contributed by atoms with Crippen molar-refractivity contribution >= 4 is 27.1 Å². The number of aryl methyl sites for hydroxylation is 1. The molecule has 0 amide bonds. The van der Waals surface area contributed by atoms with Gasteiger partial charge in [-0.3, -0.25) is 18.6 Å².